The zero-order valence-electron chi connectivity index (χ0n) is 11.7. The summed E-state index contributed by atoms with van der Waals surface area (Å²) in [7, 11) is 1.36. The van der Waals surface area contributed by atoms with Crippen molar-refractivity contribution >= 4 is 11.9 Å². The van der Waals surface area contributed by atoms with Gasteiger partial charge in [-0.3, -0.25) is 9.69 Å². The van der Waals surface area contributed by atoms with Crippen LogP contribution in [0, 0.1) is 0 Å². The number of amides is 1. The summed E-state index contributed by atoms with van der Waals surface area (Å²) in [5.74, 6) is -0.597. The quantitative estimate of drug-likeness (QED) is 0.842. The summed E-state index contributed by atoms with van der Waals surface area (Å²) in [6, 6.07) is 7.08. The van der Waals surface area contributed by atoms with Crippen molar-refractivity contribution in [3.63, 3.8) is 0 Å². The molecular weight excluding hydrogens is 256 g/mol. The second kappa shape index (κ2) is 6.52. The molecule has 1 aromatic carbocycles. The molecule has 1 atom stereocenters. The molecule has 1 saturated heterocycles. The fraction of sp³-hybridized carbons (Fsp3) is 0.467. The van der Waals surface area contributed by atoms with Gasteiger partial charge in [0, 0.05) is 6.54 Å². The van der Waals surface area contributed by atoms with Crippen LogP contribution < -0.4 is 5.73 Å². The van der Waals surface area contributed by atoms with E-state index in [1.54, 1.807) is 12.1 Å². The third-order valence-corrected chi connectivity index (χ3v) is 3.70. The fourth-order valence-electron chi connectivity index (χ4n) is 2.60. The molecule has 2 N–H and O–H groups in total. The summed E-state index contributed by atoms with van der Waals surface area (Å²) in [6.45, 7) is 1.56. The first-order chi connectivity index (χ1) is 9.61. The van der Waals surface area contributed by atoms with Crippen LogP contribution in [0.2, 0.25) is 0 Å². The molecule has 1 fully saturated rings. The van der Waals surface area contributed by atoms with E-state index in [9.17, 15) is 9.59 Å². The van der Waals surface area contributed by atoms with Gasteiger partial charge >= 0.3 is 5.97 Å². The van der Waals surface area contributed by atoms with Gasteiger partial charge in [-0.25, -0.2) is 4.79 Å². The van der Waals surface area contributed by atoms with E-state index in [1.807, 2.05) is 12.1 Å². The highest BCUT2D eigenvalue weighted by Crippen LogP contribution is 2.19. The molecule has 1 aromatic rings. The van der Waals surface area contributed by atoms with E-state index in [0.29, 0.717) is 12.1 Å². The van der Waals surface area contributed by atoms with E-state index in [-0.39, 0.29) is 17.9 Å². The van der Waals surface area contributed by atoms with Crippen LogP contribution in [-0.4, -0.2) is 36.5 Å². The summed E-state index contributed by atoms with van der Waals surface area (Å²) < 4.78 is 4.66. The van der Waals surface area contributed by atoms with Crippen LogP contribution in [0.1, 0.15) is 35.2 Å². The van der Waals surface area contributed by atoms with Crippen LogP contribution in [0.3, 0.4) is 0 Å². The number of piperidine rings is 1. The first kappa shape index (κ1) is 14.5. The normalized spacial score (nSPS) is 19.6. The predicted molar refractivity (Wildman–Crippen MR) is 75.0 cm³/mol. The van der Waals surface area contributed by atoms with Crippen molar-refractivity contribution < 1.29 is 14.3 Å². The molecule has 0 spiro atoms. The van der Waals surface area contributed by atoms with E-state index in [1.165, 1.54) is 7.11 Å². The Morgan fingerprint density at radius 3 is 2.60 bits per heavy atom. The van der Waals surface area contributed by atoms with Crippen LogP contribution in [0.25, 0.3) is 0 Å². The Morgan fingerprint density at radius 1 is 1.30 bits per heavy atom. The molecule has 0 saturated carbocycles. The lowest BCUT2D eigenvalue weighted by Crippen LogP contribution is -2.47. The highest BCUT2D eigenvalue weighted by Gasteiger charge is 2.26. The molecular formula is C15H20N2O3. The van der Waals surface area contributed by atoms with Crippen molar-refractivity contribution in [2.24, 2.45) is 5.73 Å². The Balaban J connectivity index is 2.05. The summed E-state index contributed by atoms with van der Waals surface area (Å²) in [5.41, 5.74) is 7.04. The summed E-state index contributed by atoms with van der Waals surface area (Å²) in [6.07, 6.45) is 2.96. The molecule has 1 aliphatic heterocycles. The summed E-state index contributed by atoms with van der Waals surface area (Å²) >= 11 is 0. The number of primary amides is 1. The molecule has 20 heavy (non-hydrogen) atoms. The Bertz CT molecular complexity index is 484. The van der Waals surface area contributed by atoms with Crippen molar-refractivity contribution in [2.45, 2.75) is 31.8 Å². The van der Waals surface area contributed by atoms with Crippen molar-refractivity contribution in [1.29, 1.82) is 0 Å². The van der Waals surface area contributed by atoms with Crippen molar-refractivity contribution in [1.82, 2.24) is 4.90 Å². The summed E-state index contributed by atoms with van der Waals surface area (Å²) in [5, 5.41) is 0. The van der Waals surface area contributed by atoms with Gasteiger partial charge in [0.15, 0.2) is 0 Å². The molecule has 0 radical (unpaired) electrons. The average molecular weight is 276 g/mol. The monoisotopic (exact) mass is 276 g/mol. The Morgan fingerprint density at radius 2 is 2.00 bits per heavy atom. The van der Waals surface area contributed by atoms with Crippen molar-refractivity contribution in [2.75, 3.05) is 13.7 Å². The van der Waals surface area contributed by atoms with E-state index >= 15 is 0 Å². The minimum Gasteiger partial charge on any atom is -0.465 e. The standard InChI is InChI=1S/C15H20N2O3/c1-20-15(19)12-7-5-11(6-8-12)10-17-9-3-2-4-13(17)14(16)18/h5-8,13H,2-4,9-10H2,1H3,(H2,16,18)/t13-/m0/s1. The minimum atomic E-state index is -0.343. The molecule has 0 aromatic heterocycles. The zero-order valence-corrected chi connectivity index (χ0v) is 11.7. The second-order valence-corrected chi connectivity index (χ2v) is 5.07. The maximum absolute atomic E-state index is 11.5. The smallest absolute Gasteiger partial charge is 0.337 e. The van der Waals surface area contributed by atoms with Gasteiger partial charge in [-0.1, -0.05) is 18.6 Å². The number of carbonyl (C=O) groups excluding carboxylic acids is 2. The molecule has 0 bridgehead atoms. The molecule has 5 heteroatoms. The van der Waals surface area contributed by atoms with Gasteiger partial charge in [-0.2, -0.15) is 0 Å². The minimum absolute atomic E-state index is 0.177. The maximum atomic E-state index is 11.5. The van der Waals surface area contributed by atoms with Gasteiger partial charge < -0.3 is 10.5 Å². The van der Waals surface area contributed by atoms with E-state index in [2.05, 4.69) is 9.64 Å². The molecule has 1 aliphatic rings. The number of benzene rings is 1. The fourth-order valence-corrected chi connectivity index (χ4v) is 2.60. The number of ether oxygens (including phenoxy) is 1. The number of likely N-dealkylation sites (tertiary alicyclic amines) is 1. The lowest BCUT2D eigenvalue weighted by Gasteiger charge is -2.33. The number of carbonyl (C=O) groups is 2. The number of nitrogens with zero attached hydrogens (tertiary/aromatic N) is 1. The first-order valence-electron chi connectivity index (χ1n) is 6.82. The molecule has 1 heterocycles. The van der Waals surface area contributed by atoms with Crippen LogP contribution >= 0.6 is 0 Å². The molecule has 108 valence electrons. The number of hydrogen-bond donors (Lipinski definition) is 1. The van der Waals surface area contributed by atoms with Crippen molar-refractivity contribution in [3.05, 3.63) is 35.4 Å². The van der Waals surface area contributed by atoms with Crippen LogP contribution in [0.4, 0.5) is 0 Å². The van der Waals surface area contributed by atoms with Gasteiger partial charge in [-0.15, -0.1) is 0 Å². The molecule has 2 rings (SSSR count). The molecule has 5 nitrogen and oxygen atoms in total. The van der Waals surface area contributed by atoms with E-state index < -0.39 is 0 Å². The van der Waals surface area contributed by atoms with E-state index in [4.69, 9.17) is 5.73 Å². The Labute approximate surface area is 118 Å². The lowest BCUT2D eigenvalue weighted by atomic mass is 10.0. The van der Waals surface area contributed by atoms with Gasteiger partial charge in [0.25, 0.3) is 0 Å². The summed E-state index contributed by atoms with van der Waals surface area (Å²) in [4.78, 5) is 24.9. The topological polar surface area (TPSA) is 72.6 Å². The number of methoxy groups -OCH3 is 1. The van der Waals surface area contributed by atoms with Crippen LogP contribution in [0.15, 0.2) is 24.3 Å². The predicted octanol–water partition coefficient (Wildman–Crippen LogP) is 1.31. The lowest BCUT2D eigenvalue weighted by molar-refractivity contribution is -0.124. The number of rotatable bonds is 4. The highest BCUT2D eigenvalue weighted by molar-refractivity contribution is 5.89. The second-order valence-electron chi connectivity index (χ2n) is 5.07. The molecule has 0 unspecified atom stereocenters. The zero-order chi connectivity index (χ0) is 14.5. The first-order valence-corrected chi connectivity index (χ1v) is 6.82. The number of esters is 1. The Kier molecular flexibility index (Phi) is 4.74. The molecule has 0 aliphatic carbocycles. The van der Waals surface area contributed by atoms with Crippen LogP contribution in [0.5, 0.6) is 0 Å². The number of nitrogens with two attached hydrogens (primary N) is 1. The third-order valence-electron chi connectivity index (χ3n) is 3.70. The molecule has 1 amide bonds. The maximum Gasteiger partial charge on any atom is 0.337 e. The Hall–Kier alpha value is -1.88. The number of hydrogen-bond acceptors (Lipinski definition) is 4. The van der Waals surface area contributed by atoms with Gasteiger partial charge in [0.05, 0.1) is 18.7 Å². The van der Waals surface area contributed by atoms with E-state index in [0.717, 1.165) is 31.4 Å². The largest absolute Gasteiger partial charge is 0.465 e. The van der Waals surface area contributed by atoms with Gasteiger partial charge in [0.2, 0.25) is 5.91 Å². The SMILES string of the molecule is COC(=O)c1ccc(CN2CCCC[C@H]2C(N)=O)cc1. The average Bonchev–Trinajstić information content (AvgIpc) is 2.47. The third kappa shape index (κ3) is 3.36. The van der Waals surface area contributed by atoms with Gasteiger partial charge in [0.1, 0.15) is 0 Å². The van der Waals surface area contributed by atoms with Crippen molar-refractivity contribution in [3.8, 4) is 0 Å². The van der Waals surface area contributed by atoms with Crippen LogP contribution in [-0.2, 0) is 16.1 Å². The van der Waals surface area contributed by atoms with Gasteiger partial charge in [-0.05, 0) is 37.1 Å². The highest BCUT2D eigenvalue weighted by atomic mass is 16.5.